The van der Waals surface area contributed by atoms with Gasteiger partial charge in [-0.15, -0.1) is 0 Å². The Morgan fingerprint density at radius 1 is 1.07 bits per heavy atom. The molecule has 8 nitrogen and oxygen atoms in total. The number of methoxy groups -OCH3 is 1. The molecule has 2 amide bonds. The summed E-state index contributed by atoms with van der Waals surface area (Å²) in [4.78, 5) is 25.5. The zero-order chi connectivity index (χ0) is 21.4. The Morgan fingerprint density at radius 3 is 2.31 bits per heavy atom. The summed E-state index contributed by atoms with van der Waals surface area (Å²) < 4.78 is 30.1. The van der Waals surface area contributed by atoms with E-state index in [0.29, 0.717) is 18.7 Å². The van der Waals surface area contributed by atoms with Crippen LogP contribution in [0.2, 0.25) is 0 Å². The first kappa shape index (κ1) is 22.5. The topological polar surface area (TPSA) is 105 Å². The van der Waals surface area contributed by atoms with Crippen molar-refractivity contribution in [3.05, 3.63) is 65.7 Å². The Labute approximate surface area is 170 Å². The number of para-hydroxylation sites is 1. The predicted molar refractivity (Wildman–Crippen MR) is 111 cm³/mol. The molecule has 2 rings (SSSR count). The number of hydrogen-bond acceptors (Lipinski definition) is 5. The average Bonchev–Trinajstić information content (AvgIpc) is 2.68. The standard InChI is InChI=1S/C20H25N3O5S/c1-23(29(3,26)27)18(15-9-5-4-6-10-15)20(25)22-17-12-8-7-11-16(17)19(24)21-13-14-28-2/h4-12,18H,13-14H2,1-3H3,(H,21,24)(H,22,25)/t18-/m0/s1. The van der Waals surface area contributed by atoms with Crippen molar-refractivity contribution in [2.75, 3.05) is 38.9 Å². The number of nitrogens with zero attached hydrogens (tertiary/aromatic N) is 1. The van der Waals surface area contributed by atoms with Crippen LogP contribution in [0.25, 0.3) is 0 Å². The van der Waals surface area contributed by atoms with Gasteiger partial charge in [-0.1, -0.05) is 42.5 Å². The van der Waals surface area contributed by atoms with E-state index in [4.69, 9.17) is 4.74 Å². The highest BCUT2D eigenvalue weighted by Gasteiger charge is 2.31. The minimum atomic E-state index is -3.65. The molecule has 9 heteroatoms. The van der Waals surface area contributed by atoms with E-state index >= 15 is 0 Å². The van der Waals surface area contributed by atoms with Gasteiger partial charge in [0.1, 0.15) is 6.04 Å². The maximum Gasteiger partial charge on any atom is 0.253 e. The molecule has 0 heterocycles. The van der Waals surface area contributed by atoms with Gasteiger partial charge >= 0.3 is 0 Å². The van der Waals surface area contributed by atoms with Crippen LogP contribution >= 0.6 is 0 Å². The third kappa shape index (κ3) is 6.11. The second kappa shape index (κ2) is 10.1. The van der Waals surface area contributed by atoms with Crippen molar-refractivity contribution >= 4 is 27.5 Å². The zero-order valence-electron chi connectivity index (χ0n) is 16.6. The Bertz CT molecular complexity index is 948. The van der Waals surface area contributed by atoms with E-state index in [1.165, 1.54) is 14.2 Å². The van der Waals surface area contributed by atoms with Crippen LogP contribution in [0.15, 0.2) is 54.6 Å². The molecule has 156 valence electrons. The molecule has 0 radical (unpaired) electrons. The van der Waals surface area contributed by atoms with E-state index < -0.39 is 22.0 Å². The van der Waals surface area contributed by atoms with Crippen molar-refractivity contribution in [1.82, 2.24) is 9.62 Å². The Kier molecular flexibility index (Phi) is 7.89. The summed E-state index contributed by atoms with van der Waals surface area (Å²) in [6.07, 6.45) is 1.04. The molecule has 0 saturated heterocycles. The Morgan fingerprint density at radius 2 is 1.69 bits per heavy atom. The number of likely N-dealkylation sites (N-methyl/N-ethyl adjacent to an activating group) is 1. The van der Waals surface area contributed by atoms with Crippen molar-refractivity contribution in [3.8, 4) is 0 Å². The van der Waals surface area contributed by atoms with Crippen LogP contribution < -0.4 is 10.6 Å². The molecule has 0 aliphatic heterocycles. The number of sulfonamides is 1. The summed E-state index contributed by atoms with van der Waals surface area (Å²) in [6, 6.07) is 14.0. The fourth-order valence-electron chi connectivity index (χ4n) is 2.71. The molecule has 0 aliphatic carbocycles. The highest BCUT2D eigenvalue weighted by molar-refractivity contribution is 7.88. The SMILES string of the molecule is COCCNC(=O)c1ccccc1NC(=O)[C@H](c1ccccc1)N(C)S(C)(=O)=O. The second-order valence-electron chi connectivity index (χ2n) is 6.38. The van der Waals surface area contributed by atoms with Gasteiger partial charge in [0.15, 0.2) is 0 Å². The van der Waals surface area contributed by atoms with Crippen molar-refractivity contribution in [3.63, 3.8) is 0 Å². The van der Waals surface area contributed by atoms with Crippen LogP contribution in [0.5, 0.6) is 0 Å². The molecular weight excluding hydrogens is 394 g/mol. The number of carbonyl (C=O) groups is 2. The molecule has 0 fully saturated rings. The molecule has 0 spiro atoms. The van der Waals surface area contributed by atoms with Crippen LogP contribution in [0, 0.1) is 0 Å². The number of rotatable bonds is 9. The summed E-state index contributed by atoms with van der Waals surface area (Å²) in [6.45, 7) is 0.677. The molecule has 0 unspecified atom stereocenters. The van der Waals surface area contributed by atoms with E-state index in [1.807, 2.05) is 0 Å². The van der Waals surface area contributed by atoms with E-state index in [9.17, 15) is 18.0 Å². The first-order valence-electron chi connectivity index (χ1n) is 8.90. The van der Waals surface area contributed by atoms with Crippen LogP contribution in [-0.4, -0.2) is 58.1 Å². The predicted octanol–water partition coefficient (Wildman–Crippen LogP) is 1.63. The number of amides is 2. The number of benzene rings is 2. The molecule has 2 aromatic rings. The Balaban J connectivity index is 2.32. The van der Waals surface area contributed by atoms with Gasteiger partial charge in [0.05, 0.1) is 24.1 Å². The van der Waals surface area contributed by atoms with Crippen molar-refractivity contribution < 1.29 is 22.7 Å². The number of carbonyl (C=O) groups excluding carboxylic acids is 2. The first-order chi connectivity index (χ1) is 13.8. The van der Waals surface area contributed by atoms with Crippen LogP contribution in [0.4, 0.5) is 5.69 Å². The van der Waals surface area contributed by atoms with Gasteiger partial charge in [0.2, 0.25) is 15.9 Å². The average molecular weight is 420 g/mol. The molecule has 29 heavy (non-hydrogen) atoms. The lowest BCUT2D eigenvalue weighted by atomic mass is 10.1. The quantitative estimate of drug-likeness (QED) is 0.601. The lowest BCUT2D eigenvalue weighted by Gasteiger charge is -2.26. The fraction of sp³-hybridized carbons (Fsp3) is 0.300. The minimum Gasteiger partial charge on any atom is -0.383 e. The summed E-state index contributed by atoms with van der Waals surface area (Å²) in [5.74, 6) is -0.938. The Hall–Kier alpha value is -2.75. The van der Waals surface area contributed by atoms with E-state index in [0.717, 1.165) is 10.6 Å². The van der Waals surface area contributed by atoms with E-state index in [-0.39, 0.29) is 17.2 Å². The van der Waals surface area contributed by atoms with Gasteiger partial charge in [0, 0.05) is 20.7 Å². The van der Waals surface area contributed by atoms with E-state index in [2.05, 4.69) is 10.6 Å². The van der Waals surface area contributed by atoms with Crippen molar-refractivity contribution in [2.24, 2.45) is 0 Å². The van der Waals surface area contributed by atoms with Gasteiger partial charge in [-0.05, 0) is 17.7 Å². The lowest BCUT2D eigenvalue weighted by Crippen LogP contribution is -2.38. The molecule has 2 aromatic carbocycles. The zero-order valence-corrected chi connectivity index (χ0v) is 17.4. The maximum atomic E-state index is 13.1. The number of anilines is 1. The number of nitrogens with one attached hydrogen (secondary N) is 2. The highest BCUT2D eigenvalue weighted by Crippen LogP contribution is 2.25. The monoisotopic (exact) mass is 419 g/mol. The normalized spacial score (nSPS) is 12.4. The number of ether oxygens (including phenoxy) is 1. The van der Waals surface area contributed by atoms with Gasteiger partial charge in [-0.2, -0.15) is 4.31 Å². The number of hydrogen-bond donors (Lipinski definition) is 2. The third-order valence-corrected chi connectivity index (χ3v) is 5.53. The van der Waals surface area contributed by atoms with E-state index in [1.54, 1.807) is 54.6 Å². The van der Waals surface area contributed by atoms with Gasteiger partial charge in [-0.3, -0.25) is 9.59 Å². The third-order valence-electron chi connectivity index (χ3n) is 4.27. The van der Waals surface area contributed by atoms with Gasteiger partial charge < -0.3 is 15.4 Å². The largest absolute Gasteiger partial charge is 0.383 e. The fourth-order valence-corrected chi connectivity index (χ4v) is 3.31. The summed E-state index contributed by atoms with van der Waals surface area (Å²) in [7, 11) is -0.776. The van der Waals surface area contributed by atoms with Crippen molar-refractivity contribution in [1.29, 1.82) is 0 Å². The molecule has 0 aromatic heterocycles. The lowest BCUT2D eigenvalue weighted by molar-refractivity contribution is -0.119. The highest BCUT2D eigenvalue weighted by atomic mass is 32.2. The maximum absolute atomic E-state index is 13.1. The summed E-state index contributed by atoms with van der Waals surface area (Å²) >= 11 is 0. The molecular formula is C20H25N3O5S. The molecule has 1 atom stereocenters. The van der Waals surface area contributed by atoms with Crippen LogP contribution in [-0.2, 0) is 19.6 Å². The minimum absolute atomic E-state index is 0.269. The smallest absolute Gasteiger partial charge is 0.253 e. The van der Waals surface area contributed by atoms with Gasteiger partial charge in [-0.25, -0.2) is 8.42 Å². The van der Waals surface area contributed by atoms with Crippen LogP contribution in [0.1, 0.15) is 22.0 Å². The molecule has 2 N–H and O–H groups in total. The van der Waals surface area contributed by atoms with Crippen LogP contribution in [0.3, 0.4) is 0 Å². The summed E-state index contributed by atoms with van der Waals surface area (Å²) in [5, 5.41) is 5.40. The first-order valence-corrected chi connectivity index (χ1v) is 10.8. The van der Waals surface area contributed by atoms with Crippen molar-refractivity contribution in [2.45, 2.75) is 6.04 Å². The molecule has 0 aliphatic rings. The summed E-state index contributed by atoms with van der Waals surface area (Å²) in [5.41, 5.74) is 1.07. The second-order valence-corrected chi connectivity index (χ2v) is 8.42. The molecule has 0 saturated carbocycles. The van der Waals surface area contributed by atoms with Gasteiger partial charge in [0.25, 0.3) is 5.91 Å². The molecule has 0 bridgehead atoms.